The van der Waals surface area contributed by atoms with Crippen molar-refractivity contribution in [1.82, 2.24) is 4.72 Å². The molecule has 0 unspecified atom stereocenters. The second kappa shape index (κ2) is 4.52. The monoisotopic (exact) mass is 332 g/mol. The first kappa shape index (κ1) is 16.4. The molecule has 0 spiro atoms. The number of rotatable bonds is 4. The van der Waals surface area contributed by atoms with Crippen molar-refractivity contribution >= 4 is 20.0 Å². The molecule has 0 aliphatic heterocycles. The Morgan fingerprint density at radius 3 is 1.62 bits per heavy atom. The molecule has 21 heavy (non-hydrogen) atoms. The summed E-state index contributed by atoms with van der Waals surface area (Å²) in [5, 5.41) is 4.98. The van der Waals surface area contributed by atoms with E-state index in [9.17, 15) is 16.8 Å². The number of benzene rings is 1. The fourth-order valence-corrected chi connectivity index (χ4v) is 4.57. The van der Waals surface area contributed by atoms with Gasteiger partial charge < -0.3 is 0 Å². The summed E-state index contributed by atoms with van der Waals surface area (Å²) in [7, 11) is -7.52. The molecule has 0 amide bonds. The first-order valence-electron chi connectivity index (χ1n) is 6.45. The van der Waals surface area contributed by atoms with Crippen LogP contribution in [-0.4, -0.2) is 22.9 Å². The van der Waals surface area contributed by atoms with Crippen LogP contribution in [0.4, 0.5) is 0 Å². The van der Waals surface area contributed by atoms with Gasteiger partial charge in [0, 0.05) is 6.04 Å². The van der Waals surface area contributed by atoms with Gasteiger partial charge in [0.05, 0.1) is 9.79 Å². The van der Waals surface area contributed by atoms with E-state index in [1.807, 2.05) is 27.7 Å². The molecular weight excluding hydrogens is 312 g/mol. The fraction of sp³-hybridized carbons (Fsp3) is 0.538. The van der Waals surface area contributed by atoms with Crippen LogP contribution in [0, 0.1) is 10.8 Å². The summed E-state index contributed by atoms with van der Waals surface area (Å²) in [4.78, 5) is -0.0954. The molecule has 1 fully saturated rings. The Labute approximate surface area is 125 Å². The molecule has 2 rings (SSSR count). The van der Waals surface area contributed by atoms with Crippen molar-refractivity contribution in [3.8, 4) is 0 Å². The molecule has 1 aromatic rings. The SMILES string of the molecule is CC1(C)C(NS(=O)(=O)c2ccc(S(N)(=O)=O)cc2)C1(C)C. The normalized spacial score (nSPS) is 21.2. The van der Waals surface area contributed by atoms with E-state index in [-0.39, 0.29) is 26.7 Å². The van der Waals surface area contributed by atoms with Gasteiger partial charge >= 0.3 is 0 Å². The molecule has 0 saturated heterocycles. The lowest BCUT2D eigenvalue weighted by molar-refractivity contribution is 0.457. The Hall–Kier alpha value is -0.960. The predicted molar refractivity (Wildman–Crippen MR) is 79.5 cm³/mol. The Morgan fingerprint density at radius 1 is 0.905 bits per heavy atom. The van der Waals surface area contributed by atoms with Crippen LogP contribution in [0.2, 0.25) is 0 Å². The average molecular weight is 332 g/mol. The largest absolute Gasteiger partial charge is 0.240 e. The van der Waals surface area contributed by atoms with Gasteiger partial charge in [-0.25, -0.2) is 26.7 Å². The Bertz CT molecular complexity index is 749. The summed E-state index contributed by atoms with van der Waals surface area (Å²) >= 11 is 0. The van der Waals surface area contributed by atoms with Crippen LogP contribution in [0.3, 0.4) is 0 Å². The van der Waals surface area contributed by atoms with Crippen molar-refractivity contribution in [2.45, 2.75) is 43.5 Å². The summed E-state index contributed by atoms with van der Waals surface area (Å²) in [6.07, 6.45) is 0. The van der Waals surface area contributed by atoms with Gasteiger partial charge in [-0.2, -0.15) is 0 Å². The smallest absolute Gasteiger partial charge is 0.225 e. The van der Waals surface area contributed by atoms with Gasteiger partial charge in [0.2, 0.25) is 20.0 Å². The maximum absolute atomic E-state index is 12.3. The van der Waals surface area contributed by atoms with E-state index in [0.717, 1.165) is 0 Å². The Morgan fingerprint density at radius 2 is 1.29 bits per heavy atom. The van der Waals surface area contributed by atoms with Crippen molar-refractivity contribution in [2.24, 2.45) is 16.0 Å². The average Bonchev–Trinajstić information content (AvgIpc) is 2.70. The highest BCUT2D eigenvalue weighted by Gasteiger charge is 2.65. The van der Waals surface area contributed by atoms with E-state index in [0.29, 0.717) is 0 Å². The first-order valence-corrected chi connectivity index (χ1v) is 9.48. The van der Waals surface area contributed by atoms with E-state index in [2.05, 4.69) is 4.72 Å². The van der Waals surface area contributed by atoms with Crippen LogP contribution in [-0.2, 0) is 20.0 Å². The highest BCUT2D eigenvalue weighted by atomic mass is 32.2. The third-order valence-corrected chi connectivity index (χ3v) is 7.12. The molecule has 1 saturated carbocycles. The highest BCUT2D eigenvalue weighted by Crippen LogP contribution is 2.62. The van der Waals surface area contributed by atoms with Crippen LogP contribution in [0.1, 0.15) is 27.7 Å². The van der Waals surface area contributed by atoms with Gasteiger partial charge in [-0.15, -0.1) is 0 Å². The second-order valence-corrected chi connectivity index (χ2v) is 9.79. The molecular formula is C13H20N2O4S2. The van der Waals surface area contributed by atoms with E-state index in [1.165, 1.54) is 24.3 Å². The minimum atomic E-state index is -3.83. The minimum Gasteiger partial charge on any atom is -0.225 e. The molecule has 118 valence electrons. The molecule has 1 aliphatic rings. The molecule has 0 aromatic heterocycles. The lowest BCUT2D eigenvalue weighted by Crippen LogP contribution is -2.30. The molecule has 3 N–H and O–H groups in total. The van der Waals surface area contributed by atoms with Crippen LogP contribution in [0.25, 0.3) is 0 Å². The predicted octanol–water partition coefficient (Wildman–Crippen LogP) is 1.05. The quantitative estimate of drug-likeness (QED) is 0.859. The van der Waals surface area contributed by atoms with Crippen molar-refractivity contribution in [3.05, 3.63) is 24.3 Å². The van der Waals surface area contributed by atoms with Crippen molar-refractivity contribution < 1.29 is 16.8 Å². The third-order valence-electron chi connectivity index (χ3n) is 4.76. The van der Waals surface area contributed by atoms with Gasteiger partial charge in [-0.05, 0) is 35.1 Å². The van der Waals surface area contributed by atoms with Gasteiger partial charge in [0.15, 0.2) is 0 Å². The van der Waals surface area contributed by atoms with Gasteiger partial charge in [0.25, 0.3) is 0 Å². The van der Waals surface area contributed by atoms with Crippen LogP contribution >= 0.6 is 0 Å². The second-order valence-electron chi connectivity index (χ2n) is 6.51. The zero-order chi connectivity index (χ0) is 16.3. The molecule has 1 aromatic carbocycles. The Kier molecular flexibility index (Phi) is 3.53. The third kappa shape index (κ3) is 2.73. The zero-order valence-electron chi connectivity index (χ0n) is 12.4. The fourth-order valence-electron chi connectivity index (χ4n) is 2.52. The van der Waals surface area contributed by atoms with Gasteiger partial charge in [0.1, 0.15) is 0 Å². The number of nitrogens with one attached hydrogen (secondary N) is 1. The van der Waals surface area contributed by atoms with Crippen LogP contribution < -0.4 is 9.86 Å². The molecule has 0 atom stereocenters. The first-order chi connectivity index (χ1) is 9.30. The minimum absolute atomic E-state index is 0.0217. The van der Waals surface area contributed by atoms with Crippen molar-refractivity contribution in [3.63, 3.8) is 0 Å². The van der Waals surface area contributed by atoms with Crippen LogP contribution in [0.5, 0.6) is 0 Å². The van der Waals surface area contributed by atoms with Gasteiger partial charge in [-0.3, -0.25) is 0 Å². The van der Waals surface area contributed by atoms with Crippen molar-refractivity contribution in [1.29, 1.82) is 0 Å². The number of hydrogen-bond acceptors (Lipinski definition) is 4. The van der Waals surface area contributed by atoms with E-state index in [1.54, 1.807) is 0 Å². The lowest BCUT2D eigenvalue weighted by Gasteiger charge is -2.08. The maximum atomic E-state index is 12.3. The summed E-state index contributed by atoms with van der Waals surface area (Å²) in [5.41, 5.74) is -0.249. The van der Waals surface area contributed by atoms with E-state index in [4.69, 9.17) is 5.14 Å². The van der Waals surface area contributed by atoms with Crippen molar-refractivity contribution in [2.75, 3.05) is 0 Å². The molecule has 0 radical (unpaired) electrons. The summed E-state index contributed by atoms with van der Waals surface area (Å²) < 4.78 is 49.7. The zero-order valence-corrected chi connectivity index (χ0v) is 14.0. The summed E-state index contributed by atoms with van der Waals surface area (Å²) in [5.74, 6) is 0. The summed E-state index contributed by atoms with van der Waals surface area (Å²) in [6.45, 7) is 8.02. The topological polar surface area (TPSA) is 106 Å². The summed E-state index contributed by atoms with van der Waals surface area (Å²) in [6, 6.07) is 4.70. The molecule has 6 nitrogen and oxygen atoms in total. The Balaban J connectivity index is 2.26. The number of sulfonamides is 2. The van der Waals surface area contributed by atoms with E-state index < -0.39 is 20.0 Å². The number of hydrogen-bond donors (Lipinski definition) is 2. The number of primary sulfonamides is 1. The number of nitrogens with two attached hydrogens (primary N) is 1. The lowest BCUT2D eigenvalue weighted by atomic mass is 10.0. The van der Waals surface area contributed by atoms with E-state index >= 15 is 0 Å². The highest BCUT2D eigenvalue weighted by molar-refractivity contribution is 7.89. The van der Waals surface area contributed by atoms with Gasteiger partial charge in [-0.1, -0.05) is 27.7 Å². The molecule has 0 bridgehead atoms. The standard InChI is InChI=1S/C13H20N2O4S2/c1-12(2)11(13(12,3)4)15-21(18,19)10-7-5-9(6-8-10)20(14,16)17/h5-8,11,15H,1-4H3,(H2,14,16,17). The molecule has 1 aliphatic carbocycles. The molecule has 8 heteroatoms. The van der Waals surface area contributed by atoms with Crippen LogP contribution in [0.15, 0.2) is 34.1 Å². The molecule has 0 heterocycles. The maximum Gasteiger partial charge on any atom is 0.240 e.